The Kier molecular flexibility index (Phi) is 6.50. The Morgan fingerprint density at radius 3 is 2.41 bits per heavy atom. The molecule has 4 atom stereocenters. The van der Waals surface area contributed by atoms with Crippen molar-refractivity contribution in [3.05, 3.63) is 0 Å². The summed E-state index contributed by atoms with van der Waals surface area (Å²) in [5, 5.41) is 3.74. The molecule has 1 heterocycles. The van der Waals surface area contributed by atoms with Gasteiger partial charge in [0, 0.05) is 18.1 Å². The maximum absolute atomic E-state index is 3.74. The van der Waals surface area contributed by atoms with Crippen molar-refractivity contribution in [3.8, 4) is 0 Å². The zero-order valence-corrected chi connectivity index (χ0v) is 12.5. The molecule has 1 saturated heterocycles. The van der Waals surface area contributed by atoms with Gasteiger partial charge in [-0.1, -0.05) is 27.2 Å². The van der Waals surface area contributed by atoms with E-state index in [-0.39, 0.29) is 0 Å². The van der Waals surface area contributed by atoms with Crippen molar-refractivity contribution >= 4 is 0 Å². The summed E-state index contributed by atoms with van der Waals surface area (Å²) in [7, 11) is 0. The summed E-state index contributed by atoms with van der Waals surface area (Å²) in [6.45, 7) is 14.3. The first-order valence-corrected chi connectivity index (χ1v) is 7.58. The van der Waals surface area contributed by atoms with Gasteiger partial charge in [-0.3, -0.25) is 0 Å². The van der Waals surface area contributed by atoms with E-state index < -0.39 is 0 Å². The molecular weight excluding hydrogens is 208 g/mol. The summed E-state index contributed by atoms with van der Waals surface area (Å²) < 4.78 is 0. The first-order chi connectivity index (χ1) is 8.08. The van der Waals surface area contributed by atoms with Crippen LogP contribution in [0.25, 0.3) is 0 Å². The maximum Gasteiger partial charge on any atom is 0.00924 e. The molecule has 1 fully saturated rings. The van der Waals surface area contributed by atoms with E-state index >= 15 is 0 Å². The van der Waals surface area contributed by atoms with E-state index in [9.17, 15) is 0 Å². The summed E-state index contributed by atoms with van der Waals surface area (Å²) in [4.78, 5) is 2.72. The summed E-state index contributed by atoms with van der Waals surface area (Å²) in [6.07, 6.45) is 5.15. The lowest BCUT2D eigenvalue weighted by Gasteiger charge is -2.37. The average Bonchev–Trinajstić information content (AvgIpc) is 2.32. The number of hydrogen-bond donors (Lipinski definition) is 1. The molecule has 0 bridgehead atoms. The number of nitrogens with one attached hydrogen (secondary N) is 1. The zero-order valence-electron chi connectivity index (χ0n) is 12.5. The Balaban J connectivity index is 2.54. The molecule has 0 aromatic rings. The van der Waals surface area contributed by atoms with Crippen LogP contribution in [0.4, 0.5) is 0 Å². The SMILES string of the molecule is CCC1CCN(C(C)C(C)CC)CCC(C)N1. The lowest BCUT2D eigenvalue weighted by atomic mass is 9.97. The molecular formula is C15H32N2. The lowest BCUT2D eigenvalue weighted by molar-refractivity contribution is 0.131. The Morgan fingerprint density at radius 1 is 1.18 bits per heavy atom. The van der Waals surface area contributed by atoms with E-state index in [2.05, 4.69) is 44.8 Å². The smallest absolute Gasteiger partial charge is 0.00924 e. The minimum absolute atomic E-state index is 0.673. The van der Waals surface area contributed by atoms with E-state index in [1.807, 2.05) is 0 Å². The Hall–Kier alpha value is -0.0800. The summed E-state index contributed by atoms with van der Waals surface area (Å²) in [6, 6.07) is 2.13. The van der Waals surface area contributed by atoms with Crippen LogP contribution in [-0.2, 0) is 0 Å². The van der Waals surface area contributed by atoms with Crippen LogP contribution in [0, 0.1) is 5.92 Å². The molecule has 1 aliphatic heterocycles. The van der Waals surface area contributed by atoms with E-state index in [4.69, 9.17) is 0 Å². The van der Waals surface area contributed by atoms with Gasteiger partial charge in [-0.05, 0) is 52.1 Å². The fraction of sp³-hybridized carbons (Fsp3) is 1.00. The second-order valence-electron chi connectivity index (χ2n) is 5.91. The van der Waals surface area contributed by atoms with Crippen LogP contribution in [-0.4, -0.2) is 36.1 Å². The van der Waals surface area contributed by atoms with E-state index in [1.165, 1.54) is 38.8 Å². The quantitative estimate of drug-likeness (QED) is 0.811. The minimum atomic E-state index is 0.673. The van der Waals surface area contributed by atoms with Gasteiger partial charge in [0.1, 0.15) is 0 Å². The molecule has 102 valence electrons. The van der Waals surface area contributed by atoms with Gasteiger partial charge < -0.3 is 10.2 Å². The molecule has 4 unspecified atom stereocenters. The molecule has 0 aliphatic carbocycles. The summed E-state index contributed by atoms with van der Waals surface area (Å²) in [5.41, 5.74) is 0. The van der Waals surface area contributed by atoms with Gasteiger partial charge >= 0.3 is 0 Å². The van der Waals surface area contributed by atoms with Gasteiger partial charge in [0.25, 0.3) is 0 Å². The van der Waals surface area contributed by atoms with Crippen molar-refractivity contribution in [1.82, 2.24) is 10.2 Å². The van der Waals surface area contributed by atoms with Gasteiger partial charge in [0.05, 0.1) is 0 Å². The topological polar surface area (TPSA) is 15.3 Å². The van der Waals surface area contributed by atoms with Crippen molar-refractivity contribution in [3.63, 3.8) is 0 Å². The molecule has 1 N–H and O–H groups in total. The standard InChI is InChI=1S/C15H32N2/c1-6-12(3)14(5)17-10-8-13(4)16-15(7-2)9-11-17/h12-16H,6-11H2,1-5H3. The molecule has 1 rings (SSSR count). The highest BCUT2D eigenvalue weighted by Gasteiger charge is 2.23. The normalized spacial score (nSPS) is 31.6. The van der Waals surface area contributed by atoms with Gasteiger partial charge in [-0.25, -0.2) is 0 Å². The average molecular weight is 240 g/mol. The first-order valence-electron chi connectivity index (χ1n) is 7.58. The number of nitrogens with zero attached hydrogens (tertiary/aromatic N) is 1. The van der Waals surface area contributed by atoms with Crippen LogP contribution in [0.5, 0.6) is 0 Å². The molecule has 0 amide bonds. The molecule has 0 aromatic carbocycles. The highest BCUT2D eigenvalue weighted by atomic mass is 15.2. The van der Waals surface area contributed by atoms with Gasteiger partial charge in [0.2, 0.25) is 0 Å². The summed E-state index contributed by atoms with van der Waals surface area (Å²) >= 11 is 0. The molecule has 0 radical (unpaired) electrons. The van der Waals surface area contributed by atoms with Crippen molar-refractivity contribution in [2.45, 2.75) is 78.4 Å². The number of hydrogen-bond acceptors (Lipinski definition) is 2. The predicted molar refractivity (Wildman–Crippen MR) is 76.4 cm³/mol. The van der Waals surface area contributed by atoms with Crippen LogP contribution in [0.15, 0.2) is 0 Å². The van der Waals surface area contributed by atoms with Crippen molar-refractivity contribution in [2.75, 3.05) is 13.1 Å². The number of rotatable bonds is 4. The molecule has 2 nitrogen and oxygen atoms in total. The highest BCUT2D eigenvalue weighted by molar-refractivity contribution is 4.80. The van der Waals surface area contributed by atoms with Crippen LogP contribution in [0.2, 0.25) is 0 Å². The fourth-order valence-corrected chi connectivity index (χ4v) is 2.79. The monoisotopic (exact) mass is 240 g/mol. The van der Waals surface area contributed by atoms with Crippen LogP contribution in [0.3, 0.4) is 0 Å². The second-order valence-corrected chi connectivity index (χ2v) is 5.91. The second kappa shape index (κ2) is 7.38. The van der Waals surface area contributed by atoms with Crippen LogP contribution >= 0.6 is 0 Å². The van der Waals surface area contributed by atoms with E-state index in [1.54, 1.807) is 0 Å². The third-order valence-electron chi connectivity index (χ3n) is 4.67. The van der Waals surface area contributed by atoms with Crippen LogP contribution < -0.4 is 5.32 Å². The predicted octanol–water partition coefficient (Wildman–Crippen LogP) is 3.27. The van der Waals surface area contributed by atoms with Crippen molar-refractivity contribution < 1.29 is 0 Å². The van der Waals surface area contributed by atoms with Crippen molar-refractivity contribution in [1.29, 1.82) is 0 Å². The molecule has 2 heteroatoms. The van der Waals surface area contributed by atoms with E-state index in [0.717, 1.165) is 18.0 Å². The Bertz CT molecular complexity index is 205. The maximum atomic E-state index is 3.74. The molecule has 0 saturated carbocycles. The molecule has 0 aromatic heterocycles. The third-order valence-corrected chi connectivity index (χ3v) is 4.67. The van der Waals surface area contributed by atoms with Gasteiger partial charge in [-0.15, -0.1) is 0 Å². The zero-order chi connectivity index (χ0) is 12.8. The third kappa shape index (κ3) is 4.59. The minimum Gasteiger partial charge on any atom is -0.311 e. The Morgan fingerprint density at radius 2 is 1.82 bits per heavy atom. The van der Waals surface area contributed by atoms with Gasteiger partial charge in [-0.2, -0.15) is 0 Å². The lowest BCUT2D eigenvalue weighted by Crippen LogP contribution is -2.47. The Labute approximate surface area is 108 Å². The summed E-state index contributed by atoms with van der Waals surface area (Å²) in [5.74, 6) is 0.817. The van der Waals surface area contributed by atoms with Gasteiger partial charge in [0.15, 0.2) is 0 Å². The largest absolute Gasteiger partial charge is 0.311 e. The van der Waals surface area contributed by atoms with E-state index in [0.29, 0.717) is 6.04 Å². The van der Waals surface area contributed by atoms with Crippen LogP contribution in [0.1, 0.15) is 60.3 Å². The first kappa shape index (κ1) is 15.0. The highest BCUT2D eigenvalue weighted by Crippen LogP contribution is 2.18. The molecule has 0 spiro atoms. The van der Waals surface area contributed by atoms with Crippen molar-refractivity contribution in [2.24, 2.45) is 5.92 Å². The molecule has 17 heavy (non-hydrogen) atoms. The fourth-order valence-electron chi connectivity index (χ4n) is 2.79. The molecule has 1 aliphatic rings.